The van der Waals surface area contributed by atoms with Gasteiger partial charge in [0.25, 0.3) is 0 Å². The number of fused-ring (bicyclic) bond motifs is 3. The zero-order valence-corrected chi connectivity index (χ0v) is 22.2. The second-order valence-corrected chi connectivity index (χ2v) is 9.10. The maximum atomic E-state index is 14.3. The highest BCUT2D eigenvalue weighted by atomic mass is 16.5. The van der Waals surface area contributed by atoms with Crippen LogP contribution in [-0.4, -0.2) is 43.8 Å². The van der Waals surface area contributed by atoms with E-state index in [1.54, 1.807) is 33.1 Å². The van der Waals surface area contributed by atoms with Crippen molar-refractivity contribution in [3.8, 4) is 34.0 Å². The van der Waals surface area contributed by atoms with Gasteiger partial charge in [0.05, 0.1) is 36.0 Å². The summed E-state index contributed by atoms with van der Waals surface area (Å²) in [6.07, 6.45) is 0. The Balaban J connectivity index is 1.84. The summed E-state index contributed by atoms with van der Waals surface area (Å²) in [4.78, 5) is 32.5. The number of nitrogens with zero attached hydrogens (tertiary/aromatic N) is 5. The SMILES string of the molecule is CCOC(=O)c1c(C)nc2c(c1-c1ccccc1)c1nnc(-c3ccc(OC)cc3)n1c(=O)n2-c1ccccc1. The number of esters is 1. The Kier molecular flexibility index (Phi) is 6.31. The first-order valence-electron chi connectivity index (χ1n) is 12.8. The van der Waals surface area contributed by atoms with Crippen molar-refractivity contribution >= 4 is 22.6 Å². The van der Waals surface area contributed by atoms with E-state index in [0.29, 0.717) is 50.7 Å². The maximum absolute atomic E-state index is 14.3. The highest BCUT2D eigenvalue weighted by Gasteiger charge is 2.28. The summed E-state index contributed by atoms with van der Waals surface area (Å²) >= 11 is 0. The second kappa shape index (κ2) is 10.1. The number of aryl methyl sites for hydroxylation is 1. The zero-order valence-electron chi connectivity index (χ0n) is 22.2. The summed E-state index contributed by atoms with van der Waals surface area (Å²) in [7, 11) is 1.59. The number of aromatic nitrogens is 5. The Labute approximate surface area is 229 Å². The molecule has 6 rings (SSSR count). The second-order valence-electron chi connectivity index (χ2n) is 9.10. The molecule has 198 valence electrons. The largest absolute Gasteiger partial charge is 0.497 e. The molecule has 0 atom stereocenters. The molecule has 0 radical (unpaired) electrons. The number of hydrogen-bond acceptors (Lipinski definition) is 7. The van der Waals surface area contributed by atoms with E-state index in [9.17, 15) is 9.59 Å². The van der Waals surface area contributed by atoms with Crippen molar-refractivity contribution in [1.82, 2.24) is 24.1 Å². The van der Waals surface area contributed by atoms with Crippen LogP contribution in [0, 0.1) is 6.92 Å². The molecule has 9 nitrogen and oxygen atoms in total. The van der Waals surface area contributed by atoms with Gasteiger partial charge in [-0.1, -0.05) is 48.5 Å². The van der Waals surface area contributed by atoms with Crippen molar-refractivity contribution < 1.29 is 14.3 Å². The Morgan fingerprint density at radius 2 is 1.52 bits per heavy atom. The Bertz CT molecular complexity index is 1930. The molecule has 0 saturated carbocycles. The van der Waals surface area contributed by atoms with E-state index in [-0.39, 0.29) is 17.9 Å². The van der Waals surface area contributed by atoms with Gasteiger partial charge in [-0.05, 0) is 55.8 Å². The van der Waals surface area contributed by atoms with Crippen LogP contribution < -0.4 is 10.4 Å². The van der Waals surface area contributed by atoms with E-state index in [1.807, 2.05) is 72.8 Å². The highest BCUT2D eigenvalue weighted by Crippen LogP contribution is 2.36. The third-order valence-corrected chi connectivity index (χ3v) is 6.74. The molecule has 0 aliphatic carbocycles. The molecule has 3 heterocycles. The highest BCUT2D eigenvalue weighted by molar-refractivity contribution is 6.11. The van der Waals surface area contributed by atoms with Gasteiger partial charge in [0.2, 0.25) is 0 Å². The lowest BCUT2D eigenvalue weighted by Gasteiger charge is -2.18. The van der Waals surface area contributed by atoms with Crippen LogP contribution in [0.2, 0.25) is 0 Å². The minimum absolute atomic E-state index is 0.204. The Morgan fingerprint density at radius 1 is 0.850 bits per heavy atom. The number of carbonyl (C=O) groups is 1. The fourth-order valence-electron chi connectivity index (χ4n) is 4.96. The van der Waals surface area contributed by atoms with Crippen molar-refractivity contribution in [3.63, 3.8) is 0 Å². The van der Waals surface area contributed by atoms with Crippen LogP contribution in [0.5, 0.6) is 5.75 Å². The number of methoxy groups -OCH3 is 1. The van der Waals surface area contributed by atoms with E-state index in [1.165, 1.54) is 8.97 Å². The number of carbonyl (C=O) groups excluding carboxylic acids is 1. The van der Waals surface area contributed by atoms with Crippen LogP contribution in [0.4, 0.5) is 0 Å². The third kappa shape index (κ3) is 3.99. The minimum Gasteiger partial charge on any atom is -0.497 e. The lowest BCUT2D eigenvalue weighted by atomic mass is 9.95. The van der Waals surface area contributed by atoms with Crippen LogP contribution in [0.15, 0.2) is 89.7 Å². The lowest BCUT2D eigenvalue weighted by Crippen LogP contribution is -2.28. The van der Waals surface area contributed by atoms with Gasteiger partial charge in [-0.25, -0.2) is 23.5 Å². The Morgan fingerprint density at radius 3 is 2.17 bits per heavy atom. The Hall–Kier alpha value is -5.31. The lowest BCUT2D eigenvalue weighted by molar-refractivity contribution is 0.0526. The molecule has 0 aliphatic heterocycles. The molecular weight excluding hydrogens is 506 g/mol. The maximum Gasteiger partial charge on any atom is 0.342 e. The van der Waals surface area contributed by atoms with Crippen LogP contribution in [0.25, 0.3) is 44.9 Å². The molecule has 3 aromatic carbocycles. The van der Waals surface area contributed by atoms with Gasteiger partial charge in [-0.15, -0.1) is 10.2 Å². The van der Waals surface area contributed by atoms with Gasteiger partial charge >= 0.3 is 11.7 Å². The van der Waals surface area contributed by atoms with Crippen molar-refractivity contribution in [2.75, 3.05) is 13.7 Å². The first-order valence-corrected chi connectivity index (χ1v) is 12.8. The fraction of sp³-hybridized carbons (Fsp3) is 0.129. The number of rotatable bonds is 6. The summed E-state index contributed by atoms with van der Waals surface area (Å²) in [5.74, 6) is 0.528. The standard InChI is InChI=1S/C31H25N5O4/c1-4-40-30(37)24-19(2)32-28-26(25(24)20-11-7-5-8-12-20)29-34-33-27(21-15-17-23(39-3)18-16-21)36(29)31(38)35(28)22-13-9-6-10-14-22/h5-18H,4H2,1-3H3. The van der Waals surface area contributed by atoms with Crippen molar-refractivity contribution in [2.24, 2.45) is 0 Å². The molecule has 3 aromatic heterocycles. The average Bonchev–Trinajstić information content (AvgIpc) is 3.43. The summed E-state index contributed by atoms with van der Waals surface area (Å²) in [6.45, 7) is 3.71. The summed E-state index contributed by atoms with van der Waals surface area (Å²) in [5.41, 5.74) is 3.64. The topological polar surface area (TPSA) is 101 Å². The molecule has 0 fully saturated rings. The predicted octanol–water partition coefficient (Wildman–Crippen LogP) is 5.26. The average molecular weight is 532 g/mol. The summed E-state index contributed by atoms with van der Waals surface area (Å²) in [5, 5.41) is 9.46. The van der Waals surface area contributed by atoms with Crippen LogP contribution in [0.3, 0.4) is 0 Å². The molecule has 0 N–H and O–H groups in total. The number of benzene rings is 3. The number of para-hydroxylation sites is 1. The molecule has 0 saturated heterocycles. The molecule has 0 unspecified atom stereocenters. The molecule has 0 amide bonds. The van der Waals surface area contributed by atoms with E-state index >= 15 is 0 Å². The fourth-order valence-corrected chi connectivity index (χ4v) is 4.96. The van der Waals surface area contributed by atoms with Crippen LogP contribution >= 0.6 is 0 Å². The molecular formula is C31H25N5O4. The molecule has 40 heavy (non-hydrogen) atoms. The molecule has 6 aromatic rings. The monoisotopic (exact) mass is 531 g/mol. The summed E-state index contributed by atoms with van der Waals surface area (Å²) in [6, 6.07) is 26.0. The third-order valence-electron chi connectivity index (χ3n) is 6.74. The number of hydrogen-bond donors (Lipinski definition) is 0. The predicted molar refractivity (Wildman–Crippen MR) is 152 cm³/mol. The van der Waals surface area contributed by atoms with E-state index < -0.39 is 5.97 Å². The van der Waals surface area contributed by atoms with Crippen molar-refractivity contribution in [1.29, 1.82) is 0 Å². The zero-order chi connectivity index (χ0) is 27.8. The van der Waals surface area contributed by atoms with Gasteiger partial charge in [-0.3, -0.25) is 0 Å². The van der Waals surface area contributed by atoms with Crippen LogP contribution in [0.1, 0.15) is 23.0 Å². The normalized spacial score (nSPS) is 11.2. The number of ether oxygens (including phenoxy) is 2. The van der Waals surface area contributed by atoms with Gasteiger partial charge < -0.3 is 9.47 Å². The summed E-state index contributed by atoms with van der Waals surface area (Å²) < 4.78 is 13.8. The van der Waals surface area contributed by atoms with E-state index in [0.717, 1.165) is 5.56 Å². The van der Waals surface area contributed by atoms with Crippen LogP contribution in [-0.2, 0) is 4.74 Å². The first kappa shape index (κ1) is 25.0. The molecule has 0 spiro atoms. The van der Waals surface area contributed by atoms with E-state index in [2.05, 4.69) is 10.2 Å². The molecule has 9 heteroatoms. The van der Waals surface area contributed by atoms with E-state index in [4.69, 9.17) is 14.5 Å². The smallest absolute Gasteiger partial charge is 0.342 e. The quantitative estimate of drug-likeness (QED) is 0.270. The van der Waals surface area contributed by atoms with Crippen molar-refractivity contribution in [2.45, 2.75) is 13.8 Å². The van der Waals surface area contributed by atoms with Gasteiger partial charge in [-0.2, -0.15) is 0 Å². The number of pyridine rings is 1. The van der Waals surface area contributed by atoms with Gasteiger partial charge in [0.1, 0.15) is 5.75 Å². The van der Waals surface area contributed by atoms with Crippen molar-refractivity contribution in [3.05, 3.63) is 107 Å². The minimum atomic E-state index is -0.501. The molecule has 0 bridgehead atoms. The van der Waals surface area contributed by atoms with Gasteiger partial charge in [0, 0.05) is 11.1 Å². The van der Waals surface area contributed by atoms with Gasteiger partial charge in [0.15, 0.2) is 17.1 Å². The molecule has 0 aliphatic rings. The first-order chi connectivity index (χ1) is 19.5.